The Morgan fingerprint density at radius 3 is 2.95 bits per heavy atom. The van der Waals surface area contributed by atoms with Crippen molar-refractivity contribution in [3.63, 3.8) is 0 Å². The third-order valence-electron chi connectivity index (χ3n) is 4.06. The molecule has 4 heteroatoms. The molecule has 1 aliphatic heterocycles. The largest absolute Gasteiger partial charge is 0.370 e. The van der Waals surface area contributed by atoms with Gasteiger partial charge in [-0.2, -0.15) is 0 Å². The summed E-state index contributed by atoms with van der Waals surface area (Å²) < 4.78 is 0. The minimum Gasteiger partial charge on any atom is -0.370 e. The molecule has 0 aromatic carbocycles. The highest BCUT2D eigenvalue weighted by Crippen LogP contribution is 2.17. The molecule has 1 unspecified atom stereocenters. The first-order valence-electron chi connectivity index (χ1n) is 7.84. The Balaban J connectivity index is 2.04. The van der Waals surface area contributed by atoms with Gasteiger partial charge in [-0.05, 0) is 51.1 Å². The highest BCUT2D eigenvalue weighted by molar-refractivity contribution is 5.37. The molecule has 2 rings (SSSR count). The van der Waals surface area contributed by atoms with Crippen molar-refractivity contribution >= 4 is 5.82 Å². The van der Waals surface area contributed by atoms with Crippen LogP contribution in [0.3, 0.4) is 0 Å². The molecule has 1 N–H and O–H groups in total. The lowest BCUT2D eigenvalue weighted by Crippen LogP contribution is -2.39. The Bertz CT molecular complexity index is 407. The van der Waals surface area contributed by atoms with Crippen molar-refractivity contribution in [2.24, 2.45) is 0 Å². The van der Waals surface area contributed by atoms with Gasteiger partial charge in [-0.1, -0.05) is 6.92 Å². The van der Waals surface area contributed by atoms with Crippen LogP contribution in [0.25, 0.3) is 0 Å². The summed E-state index contributed by atoms with van der Waals surface area (Å²) in [5.41, 5.74) is 1.36. The van der Waals surface area contributed by atoms with Gasteiger partial charge in [0.1, 0.15) is 5.82 Å². The number of aromatic nitrogens is 1. The van der Waals surface area contributed by atoms with Gasteiger partial charge >= 0.3 is 0 Å². The zero-order valence-corrected chi connectivity index (χ0v) is 13.1. The Labute approximate surface area is 123 Å². The molecule has 0 aliphatic carbocycles. The van der Waals surface area contributed by atoms with Crippen molar-refractivity contribution in [1.82, 2.24) is 14.8 Å². The van der Waals surface area contributed by atoms with Crippen LogP contribution in [0.1, 0.15) is 32.3 Å². The SMILES string of the molecule is CCNc1cc(CN2CCCN(C)CC2CC)ccn1. The number of likely N-dealkylation sites (N-methyl/N-ethyl adjacent to an activating group) is 1. The van der Waals surface area contributed by atoms with Gasteiger partial charge in [-0.3, -0.25) is 4.90 Å². The summed E-state index contributed by atoms with van der Waals surface area (Å²) in [5, 5.41) is 3.29. The molecule has 1 aliphatic rings. The normalized spacial score (nSPS) is 21.6. The molecule has 1 saturated heterocycles. The number of hydrogen-bond donors (Lipinski definition) is 1. The number of hydrogen-bond acceptors (Lipinski definition) is 4. The van der Waals surface area contributed by atoms with Gasteiger partial charge in [0, 0.05) is 38.4 Å². The third-order valence-corrected chi connectivity index (χ3v) is 4.06. The van der Waals surface area contributed by atoms with E-state index >= 15 is 0 Å². The molecule has 2 heterocycles. The predicted molar refractivity (Wildman–Crippen MR) is 85.0 cm³/mol. The van der Waals surface area contributed by atoms with Crippen LogP contribution in [0, 0.1) is 0 Å². The minimum atomic E-state index is 0.665. The summed E-state index contributed by atoms with van der Waals surface area (Å²) in [6.07, 6.45) is 4.39. The van der Waals surface area contributed by atoms with E-state index in [1.54, 1.807) is 0 Å². The Morgan fingerprint density at radius 2 is 2.20 bits per heavy atom. The summed E-state index contributed by atoms with van der Waals surface area (Å²) in [7, 11) is 2.24. The van der Waals surface area contributed by atoms with E-state index in [9.17, 15) is 0 Å². The fraction of sp³-hybridized carbons (Fsp3) is 0.688. The van der Waals surface area contributed by atoms with E-state index in [-0.39, 0.29) is 0 Å². The Morgan fingerprint density at radius 1 is 1.35 bits per heavy atom. The van der Waals surface area contributed by atoms with Crippen LogP contribution in [0.5, 0.6) is 0 Å². The van der Waals surface area contributed by atoms with Crippen molar-refractivity contribution in [3.05, 3.63) is 23.9 Å². The smallest absolute Gasteiger partial charge is 0.126 e. The predicted octanol–water partition coefficient (Wildman–Crippen LogP) is 2.43. The lowest BCUT2D eigenvalue weighted by atomic mass is 10.1. The molecule has 112 valence electrons. The summed E-state index contributed by atoms with van der Waals surface area (Å²) in [4.78, 5) is 9.45. The average Bonchev–Trinajstić information content (AvgIpc) is 2.61. The van der Waals surface area contributed by atoms with Gasteiger partial charge in [0.15, 0.2) is 0 Å². The molecule has 1 fully saturated rings. The molecule has 1 aromatic heterocycles. The molecule has 0 radical (unpaired) electrons. The summed E-state index contributed by atoms with van der Waals surface area (Å²) >= 11 is 0. The van der Waals surface area contributed by atoms with Crippen molar-refractivity contribution in [3.8, 4) is 0 Å². The van der Waals surface area contributed by atoms with Crippen molar-refractivity contribution in [2.75, 3.05) is 38.5 Å². The first-order chi connectivity index (χ1) is 9.72. The van der Waals surface area contributed by atoms with Crippen LogP contribution in [0.15, 0.2) is 18.3 Å². The number of anilines is 1. The first-order valence-corrected chi connectivity index (χ1v) is 7.84. The maximum Gasteiger partial charge on any atom is 0.126 e. The zero-order chi connectivity index (χ0) is 14.4. The van der Waals surface area contributed by atoms with Crippen molar-refractivity contribution < 1.29 is 0 Å². The van der Waals surface area contributed by atoms with E-state index in [0.717, 1.165) is 18.9 Å². The van der Waals surface area contributed by atoms with Crippen LogP contribution in [-0.4, -0.2) is 54.1 Å². The van der Waals surface area contributed by atoms with Crippen LogP contribution < -0.4 is 5.32 Å². The highest BCUT2D eigenvalue weighted by atomic mass is 15.2. The molecule has 4 nitrogen and oxygen atoms in total. The highest BCUT2D eigenvalue weighted by Gasteiger charge is 2.21. The van der Waals surface area contributed by atoms with Gasteiger partial charge in [0.05, 0.1) is 0 Å². The monoisotopic (exact) mass is 276 g/mol. The van der Waals surface area contributed by atoms with Crippen LogP contribution in [-0.2, 0) is 6.54 Å². The van der Waals surface area contributed by atoms with Gasteiger partial charge in [0.25, 0.3) is 0 Å². The van der Waals surface area contributed by atoms with E-state index in [0.29, 0.717) is 6.04 Å². The van der Waals surface area contributed by atoms with Crippen LogP contribution in [0.4, 0.5) is 5.82 Å². The number of rotatable bonds is 5. The number of nitrogens with zero attached hydrogens (tertiary/aromatic N) is 3. The fourth-order valence-electron chi connectivity index (χ4n) is 2.97. The second-order valence-corrected chi connectivity index (χ2v) is 5.73. The van der Waals surface area contributed by atoms with Crippen LogP contribution >= 0.6 is 0 Å². The molecule has 1 aromatic rings. The lowest BCUT2D eigenvalue weighted by Gasteiger charge is -2.30. The van der Waals surface area contributed by atoms with Gasteiger partial charge in [-0.25, -0.2) is 4.98 Å². The maximum absolute atomic E-state index is 4.35. The lowest BCUT2D eigenvalue weighted by molar-refractivity contribution is 0.176. The van der Waals surface area contributed by atoms with Crippen LogP contribution in [0.2, 0.25) is 0 Å². The third kappa shape index (κ3) is 4.18. The van der Waals surface area contributed by atoms with Gasteiger partial charge in [0.2, 0.25) is 0 Å². The van der Waals surface area contributed by atoms with E-state index in [2.05, 4.69) is 53.1 Å². The zero-order valence-electron chi connectivity index (χ0n) is 13.1. The minimum absolute atomic E-state index is 0.665. The summed E-state index contributed by atoms with van der Waals surface area (Å²) in [5.74, 6) is 0.991. The van der Waals surface area contributed by atoms with E-state index < -0.39 is 0 Å². The molecule has 0 amide bonds. The number of nitrogens with one attached hydrogen (secondary N) is 1. The fourth-order valence-corrected chi connectivity index (χ4v) is 2.97. The molecule has 0 bridgehead atoms. The maximum atomic E-state index is 4.35. The molecular formula is C16H28N4. The molecular weight excluding hydrogens is 248 g/mol. The summed E-state index contributed by atoms with van der Waals surface area (Å²) in [6, 6.07) is 4.99. The van der Waals surface area contributed by atoms with Gasteiger partial charge < -0.3 is 10.2 Å². The van der Waals surface area contributed by atoms with E-state index in [4.69, 9.17) is 0 Å². The molecule has 0 spiro atoms. The standard InChI is InChI=1S/C16H28N4/c1-4-15-13-19(3)9-6-10-20(15)12-14-7-8-18-16(11-14)17-5-2/h7-8,11,15H,4-6,9-10,12-13H2,1-3H3,(H,17,18). The topological polar surface area (TPSA) is 31.4 Å². The number of pyridine rings is 1. The van der Waals surface area contributed by atoms with Crippen molar-refractivity contribution in [2.45, 2.75) is 39.3 Å². The Kier molecular flexibility index (Phi) is 5.80. The second kappa shape index (κ2) is 7.60. The average molecular weight is 276 g/mol. The first kappa shape index (κ1) is 15.3. The second-order valence-electron chi connectivity index (χ2n) is 5.73. The van der Waals surface area contributed by atoms with Gasteiger partial charge in [-0.15, -0.1) is 0 Å². The Hall–Kier alpha value is -1.13. The molecule has 20 heavy (non-hydrogen) atoms. The van der Waals surface area contributed by atoms with Crippen molar-refractivity contribution in [1.29, 1.82) is 0 Å². The van der Waals surface area contributed by atoms with E-state index in [1.165, 1.54) is 38.0 Å². The molecule has 0 saturated carbocycles. The quantitative estimate of drug-likeness (QED) is 0.895. The molecule has 1 atom stereocenters. The van der Waals surface area contributed by atoms with E-state index in [1.807, 2.05) is 6.20 Å². The summed E-state index contributed by atoms with van der Waals surface area (Å²) in [6.45, 7) is 9.95.